The van der Waals surface area contributed by atoms with Crippen molar-refractivity contribution in [1.29, 1.82) is 0 Å². The Labute approximate surface area is 134 Å². The van der Waals surface area contributed by atoms with Gasteiger partial charge < -0.3 is 10.1 Å². The van der Waals surface area contributed by atoms with E-state index in [4.69, 9.17) is 4.74 Å². The molecule has 1 unspecified atom stereocenters. The van der Waals surface area contributed by atoms with Gasteiger partial charge in [0.05, 0.1) is 6.61 Å². The maximum absolute atomic E-state index is 5.76. The van der Waals surface area contributed by atoms with E-state index < -0.39 is 0 Å². The van der Waals surface area contributed by atoms with Gasteiger partial charge in [0, 0.05) is 12.6 Å². The molecule has 0 aliphatic rings. The predicted octanol–water partition coefficient (Wildman–Crippen LogP) is 4.96. The highest BCUT2D eigenvalue weighted by Crippen LogP contribution is 2.18. The van der Waals surface area contributed by atoms with Gasteiger partial charge in [0.15, 0.2) is 0 Å². The Kier molecular flexibility index (Phi) is 6.47. The van der Waals surface area contributed by atoms with Crippen LogP contribution in [0.1, 0.15) is 44.4 Å². The van der Waals surface area contributed by atoms with Crippen molar-refractivity contribution in [2.24, 2.45) is 5.92 Å². The molecular weight excluding hydrogens is 270 g/mol. The van der Waals surface area contributed by atoms with Gasteiger partial charge in [-0.25, -0.2) is 0 Å². The fourth-order valence-electron chi connectivity index (χ4n) is 2.25. The minimum Gasteiger partial charge on any atom is -0.494 e. The fourth-order valence-corrected chi connectivity index (χ4v) is 2.25. The van der Waals surface area contributed by atoms with Crippen molar-refractivity contribution in [3.63, 3.8) is 0 Å². The van der Waals surface area contributed by atoms with Crippen LogP contribution in [0.4, 0.5) is 0 Å². The van der Waals surface area contributed by atoms with E-state index in [9.17, 15) is 0 Å². The van der Waals surface area contributed by atoms with Crippen LogP contribution in [0.15, 0.2) is 54.6 Å². The molecule has 0 aliphatic carbocycles. The van der Waals surface area contributed by atoms with Crippen molar-refractivity contribution >= 4 is 0 Å². The average molecular weight is 297 g/mol. The Balaban J connectivity index is 1.81. The minimum atomic E-state index is 0.324. The highest BCUT2D eigenvalue weighted by atomic mass is 16.5. The topological polar surface area (TPSA) is 21.3 Å². The van der Waals surface area contributed by atoms with Crippen LogP contribution in [0, 0.1) is 5.92 Å². The predicted molar refractivity (Wildman–Crippen MR) is 93.1 cm³/mol. The van der Waals surface area contributed by atoms with E-state index in [0.717, 1.165) is 25.3 Å². The number of hydrogen-bond donors (Lipinski definition) is 1. The van der Waals surface area contributed by atoms with Crippen molar-refractivity contribution in [2.45, 2.75) is 39.8 Å². The van der Waals surface area contributed by atoms with Gasteiger partial charge in [-0.05, 0) is 42.5 Å². The number of ether oxygens (including phenoxy) is 1. The molecule has 118 valence electrons. The van der Waals surface area contributed by atoms with Gasteiger partial charge >= 0.3 is 0 Å². The molecule has 2 aromatic carbocycles. The molecule has 0 aliphatic heterocycles. The molecule has 2 nitrogen and oxygen atoms in total. The van der Waals surface area contributed by atoms with Crippen molar-refractivity contribution < 1.29 is 4.74 Å². The first-order valence-electron chi connectivity index (χ1n) is 8.15. The Morgan fingerprint density at radius 1 is 0.909 bits per heavy atom. The second-order valence-electron chi connectivity index (χ2n) is 6.19. The van der Waals surface area contributed by atoms with Gasteiger partial charge in [0.2, 0.25) is 0 Å². The summed E-state index contributed by atoms with van der Waals surface area (Å²) in [5, 5.41) is 3.55. The Bertz CT molecular complexity index is 533. The summed E-state index contributed by atoms with van der Waals surface area (Å²) in [6.07, 6.45) is 1.09. The maximum Gasteiger partial charge on any atom is 0.119 e. The molecule has 0 radical (unpaired) electrons. The highest BCUT2D eigenvalue weighted by molar-refractivity contribution is 5.29. The number of nitrogens with one attached hydrogen (secondary N) is 1. The molecule has 2 rings (SSSR count). The third-order valence-corrected chi connectivity index (χ3v) is 3.80. The SMILES string of the molecule is CC(C)CCOc1ccc(C(C)NCc2ccccc2)cc1. The molecule has 0 saturated heterocycles. The first-order valence-corrected chi connectivity index (χ1v) is 8.15. The van der Waals surface area contributed by atoms with Crippen LogP contribution >= 0.6 is 0 Å². The van der Waals surface area contributed by atoms with E-state index >= 15 is 0 Å². The summed E-state index contributed by atoms with van der Waals surface area (Å²) in [5.74, 6) is 1.64. The molecule has 1 N–H and O–H groups in total. The van der Waals surface area contributed by atoms with Crippen molar-refractivity contribution in [3.8, 4) is 5.75 Å². The monoisotopic (exact) mass is 297 g/mol. The summed E-state index contributed by atoms with van der Waals surface area (Å²) in [5.41, 5.74) is 2.59. The Hall–Kier alpha value is -1.80. The molecule has 0 fully saturated rings. The van der Waals surface area contributed by atoms with Crippen molar-refractivity contribution in [1.82, 2.24) is 5.32 Å². The Morgan fingerprint density at radius 3 is 2.23 bits per heavy atom. The minimum absolute atomic E-state index is 0.324. The molecule has 0 heterocycles. The lowest BCUT2D eigenvalue weighted by atomic mass is 10.1. The lowest BCUT2D eigenvalue weighted by Gasteiger charge is -2.15. The smallest absolute Gasteiger partial charge is 0.119 e. The lowest BCUT2D eigenvalue weighted by Crippen LogP contribution is -2.17. The molecule has 22 heavy (non-hydrogen) atoms. The van der Waals surface area contributed by atoms with E-state index in [0.29, 0.717) is 12.0 Å². The van der Waals surface area contributed by atoms with Gasteiger partial charge in [-0.15, -0.1) is 0 Å². The Morgan fingerprint density at radius 2 is 1.59 bits per heavy atom. The summed E-state index contributed by atoms with van der Waals surface area (Å²) in [4.78, 5) is 0. The molecule has 2 heteroatoms. The quantitative estimate of drug-likeness (QED) is 0.743. The number of rotatable bonds is 8. The molecule has 0 saturated carbocycles. The van der Waals surface area contributed by atoms with Crippen LogP contribution in [-0.2, 0) is 6.54 Å². The molecule has 0 aromatic heterocycles. The first kappa shape index (κ1) is 16.6. The zero-order valence-electron chi connectivity index (χ0n) is 13.9. The number of hydrogen-bond acceptors (Lipinski definition) is 2. The zero-order chi connectivity index (χ0) is 15.8. The van der Waals surface area contributed by atoms with Crippen LogP contribution in [0.5, 0.6) is 5.75 Å². The third-order valence-electron chi connectivity index (χ3n) is 3.80. The molecule has 2 aromatic rings. The largest absolute Gasteiger partial charge is 0.494 e. The summed E-state index contributed by atoms with van der Waals surface area (Å²) >= 11 is 0. The maximum atomic E-state index is 5.76. The summed E-state index contributed by atoms with van der Waals surface area (Å²) in [6.45, 7) is 8.30. The van der Waals surface area contributed by atoms with Crippen LogP contribution in [-0.4, -0.2) is 6.61 Å². The fraction of sp³-hybridized carbons (Fsp3) is 0.400. The second kappa shape index (κ2) is 8.60. The lowest BCUT2D eigenvalue weighted by molar-refractivity contribution is 0.289. The van der Waals surface area contributed by atoms with E-state index in [2.05, 4.69) is 74.6 Å². The summed E-state index contributed by atoms with van der Waals surface area (Å²) in [7, 11) is 0. The van der Waals surface area contributed by atoms with Crippen molar-refractivity contribution in [2.75, 3.05) is 6.61 Å². The summed E-state index contributed by atoms with van der Waals surface area (Å²) < 4.78 is 5.76. The van der Waals surface area contributed by atoms with Crippen LogP contribution < -0.4 is 10.1 Å². The van der Waals surface area contributed by atoms with Gasteiger partial charge in [-0.2, -0.15) is 0 Å². The van der Waals surface area contributed by atoms with Gasteiger partial charge in [-0.1, -0.05) is 56.3 Å². The van der Waals surface area contributed by atoms with Crippen LogP contribution in [0.2, 0.25) is 0 Å². The standard InChI is InChI=1S/C20H27NO/c1-16(2)13-14-22-20-11-9-19(10-12-20)17(3)21-15-18-7-5-4-6-8-18/h4-12,16-17,21H,13-15H2,1-3H3. The molecular formula is C20H27NO. The normalized spacial score (nSPS) is 12.4. The van der Waals surface area contributed by atoms with Gasteiger partial charge in [0.1, 0.15) is 5.75 Å². The summed E-state index contributed by atoms with van der Waals surface area (Å²) in [6, 6.07) is 19.2. The van der Waals surface area contributed by atoms with Crippen LogP contribution in [0.25, 0.3) is 0 Å². The average Bonchev–Trinajstić information content (AvgIpc) is 2.54. The molecule has 0 bridgehead atoms. The first-order chi connectivity index (χ1) is 10.6. The zero-order valence-corrected chi connectivity index (χ0v) is 13.9. The van der Waals surface area contributed by atoms with E-state index in [1.807, 2.05) is 6.07 Å². The number of benzene rings is 2. The van der Waals surface area contributed by atoms with Gasteiger partial charge in [-0.3, -0.25) is 0 Å². The molecule has 0 amide bonds. The van der Waals surface area contributed by atoms with Gasteiger partial charge in [0.25, 0.3) is 0 Å². The second-order valence-corrected chi connectivity index (χ2v) is 6.19. The van der Waals surface area contributed by atoms with Crippen LogP contribution in [0.3, 0.4) is 0 Å². The molecule has 0 spiro atoms. The van der Waals surface area contributed by atoms with E-state index in [1.165, 1.54) is 11.1 Å². The highest BCUT2D eigenvalue weighted by Gasteiger charge is 2.05. The van der Waals surface area contributed by atoms with E-state index in [1.54, 1.807) is 0 Å². The van der Waals surface area contributed by atoms with Crippen molar-refractivity contribution in [3.05, 3.63) is 65.7 Å². The third kappa shape index (κ3) is 5.53. The van der Waals surface area contributed by atoms with E-state index in [-0.39, 0.29) is 0 Å². The molecule has 1 atom stereocenters.